The van der Waals surface area contributed by atoms with Crippen molar-refractivity contribution in [1.82, 2.24) is 15.5 Å². The van der Waals surface area contributed by atoms with E-state index >= 15 is 0 Å². The summed E-state index contributed by atoms with van der Waals surface area (Å²) in [5.41, 5.74) is 2.26. The second-order valence-corrected chi connectivity index (χ2v) is 5.75. The summed E-state index contributed by atoms with van der Waals surface area (Å²) in [5.74, 6) is 0.229. The first-order valence-corrected chi connectivity index (χ1v) is 7.98. The summed E-state index contributed by atoms with van der Waals surface area (Å²) in [6.07, 6.45) is 2.03. The lowest BCUT2D eigenvalue weighted by atomic mass is 10.0. The summed E-state index contributed by atoms with van der Waals surface area (Å²) in [5, 5.41) is 11.2. The van der Waals surface area contributed by atoms with Crippen LogP contribution in [0.2, 0.25) is 5.02 Å². The molecule has 0 aliphatic heterocycles. The molecule has 122 valence electrons. The van der Waals surface area contributed by atoms with Crippen LogP contribution < -0.4 is 5.32 Å². The van der Waals surface area contributed by atoms with Crippen LogP contribution in [0, 0.1) is 0 Å². The Morgan fingerprint density at radius 2 is 2.04 bits per heavy atom. The molecule has 0 saturated heterocycles. The van der Waals surface area contributed by atoms with Gasteiger partial charge in [-0.15, -0.1) is 10.2 Å². The quantitative estimate of drug-likeness (QED) is 0.752. The Morgan fingerprint density at radius 1 is 1.25 bits per heavy atom. The Kier molecular flexibility index (Phi) is 4.91. The SMILES string of the molecule is CCC(NC(=O)c1cccc(-c2nnco2)c1)c1ccc(Cl)cc1. The summed E-state index contributed by atoms with van der Waals surface area (Å²) < 4.78 is 5.17. The first kappa shape index (κ1) is 16.2. The molecule has 1 N–H and O–H groups in total. The van der Waals surface area contributed by atoms with Crippen LogP contribution in [0.5, 0.6) is 0 Å². The third kappa shape index (κ3) is 3.63. The van der Waals surface area contributed by atoms with Gasteiger partial charge in [-0.1, -0.05) is 36.7 Å². The number of aromatic nitrogens is 2. The van der Waals surface area contributed by atoms with E-state index in [4.69, 9.17) is 16.0 Å². The molecule has 0 aliphatic carbocycles. The van der Waals surface area contributed by atoms with Crippen molar-refractivity contribution in [2.75, 3.05) is 0 Å². The minimum atomic E-state index is -0.154. The van der Waals surface area contributed by atoms with E-state index in [9.17, 15) is 4.79 Å². The van der Waals surface area contributed by atoms with Crippen molar-refractivity contribution < 1.29 is 9.21 Å². The Labute approximate surface area is 144 Å². The van der Waals surface area contributed by atoms with Gasteiger partial charge >= 0.3 is 0 Å². The fourth-order valence-corrected chi connectivity index (χ4v) is 2.58. The molecule has 24 heavy (non-hydrogen) atoms. The minimum absolute atomic E-state index is 0.0816. The molecule has 0 spiro atoms. The largest absolute Gasteiger partial charge is 0.423 e. The third-order valence-corrected chi connectivity index (χ3v) is 3.97. The number of nitrogens with zero attached hydrogens (tertiary/aromatic N) is 2. The van der Waals surface area contributed by atoms with E-state index in [0.717, 1.165) is 12.0 Å². The molecule has 0 aliphatic rings. The smallest absolute Gasteiger partial charge is 0.251 e. The van der Waals surface area contributed by atoms with E-state index in [1.807, 2.05) is 37.3 Å². The van der Waals surface area contributed by atoms with Gasteiger partial charge in [0.1, 0.15) is 0 Å². The van der Waals surface area contributed by atoms with Crippen LogP contribution in [0.3, 0.4) is 0 Å². The van der Waals surface area contributed by atoms with Crippen molar-refractivity contribution in [3.05, 3.63) is 71.1 Å². The summed E-state index contributed by atoms with van der Waals surface area (Å²) >= 11 is 5.92. The standard InChI is InChI=1S/C18H16ClN3O2/c1-2-16(12-6-8-15(19)9-7-12)21-17(23)13-4-3-5-14(10-13)18-22-20-11-24-18/h3-11,16H,2H2,1H3,(H,21,23). The topological polar surface area (TPSA) is 68.0 Å². The molecule has 3 rings (SSSR count). The van der Waals surface area contributed by atoms with E-state index in [1.165, 1.54) is 6.39 Å². The van der Waals surface area contributed by atoms with E-state index < -0.39 is 0 Å². The molecule has 1 unspecified atom stereocenters. The fourth-order valence-electron chi connectivity index (χ4n) is 2.45. The van der Waals surface area contributed by atoms with Crippen molar-refractivity contribution in [2.24, 2.45) is 0 Å². The Balaban J connectivity index is 1.78. The van der Waals surface area contributed by atoms with Gasteiger partial charge in [0.15, 0.2) is 0 Å². The van der Waals surface area contributed by atoms with Crippen molar-refractivity contribution >= 4 is 17.5 Å². The molecule has 5 nitrogen and oxygen atoms in total. The van der Waals surface area contributed by atoms with Gasteiger partial charge in [0, 0.05) is 16.1 Å². The highest BCUT2D eigenvalue weighted by molar-refractivity contribution is 6.30. The second-order valence-electron chi connectivity index (χ2n) is 5.31. The lowest BCUT2D eigenvalue weighted by Gasteiger charge is -2.17. The molecular formula is C18H16ClN3O2. The molecule has 2 aromatic carbocycles. The van der Waals surface area contributed by atoms with Crippen molar-refractivity contribution in [3.63, 3.8) is 0 Å². The summed E-state index contributed by atoms with van der Waals surface area (Å²) in [7, 11) is 0. The number of carbonyl (C=O) groups excluding carboxylic acids is 1. The Hall–Kier alpha value is -2.66. The number of hydrogen-bond donors (Lipinski definition) is 1. The molecule has 1 atom stereocenters. The zero-order valence-corrected chi connectivity index (χ0v) is 13.8. The number of hydrogen-bond acceptors (Lipinski definition) is 4. The number of rotatable bonds is 5. The summed E-state index contributed by atoms with van der Waals surface area (Å²) in [4.78, 5) is 12.6. The average Bonchev–Trinajstić information content (AvgIpc) is 3.15. The van der Waals surface area contributed by atoms with Crippen molar-refractivity contribution in [3.8, 4) is 11.5 Å². The predicted molar refractivity (Wildman–Crippen MR) is 91.7 cm³/mol. The van der Waals surface area contributed by atoms with Gasteiger partial charge in [-0.3, -0.25) is 4.79 Å². The lowest BCUT2D eigenvalue weighted by molar-refractivity contribution is 0.0935. The normalized spacial score (nSPS) is 11.9. The summed E-state index contributed by atoms with van der Waals surface area (Å²) in [6.45, 7) is 2.02. The van der Waals surface area contributed by atoms with Gasteiger partial charge in [0.2, 0.25) is 12.3 Å². The highest BCUT2D eigenvalue weighted by Crippen LogP contribution is 2.21. The van der Waals surface area contributed by atoms with Crippen molar-refractivity contribution in [1.29, 1.82) is 0 Å². The Bertz CT molecular complexity index is 817. The molecule has 1 aromatic heterocycles. The number of carbonyl (C=O) groups is 1. The van der Waals surface area contributed by atoms with Crippen LogP contribution in [-0.2, 0) is 0 Å². The van der Waals surface area contributed by atoms with Crippen LogP contribution in [0.1, 0.15) is 35.3 Å². The minimum Gasteiger partial charge on any atom is -0.423 e. The number of halogens is 1. The van der Waals surface area contributed by atoms with Crippen molar-refractivity contribution in [2.45, 2.75) is 19.4 Å². The van der Waals surface area contributed by atoms with Crippen LogP contribution in [0.4, 0.5) is 0 Å². The molecule has 0 bridgehead atoms. The van der Waals surface area contributed by atoms with Gasteiger partial charge in [-0.05, 0) is 42.3 Å². The van der Waals surface area contributed by atoms with Gasteiger partial charge in [-0.2, -0.15) is 0 Å². The number of benzene rings is 2. The monoisotopic (exact) mass is 341 g/mol. The van der Waals surface area contributed by atoms with Gasteiger partial charge < -0.3 is 9.73 Å². The average molecular weight is 342 g/mol. The highest BCUT2D eigenvalue weighted by atomic mass is 35.5. The predicted octanol–water partition coefficient (Wildman–Crippen LogP) is 4.27. The molecular weight excluding hydrogens is 326 g/mol. The van der Waals surface area contributed by atoms with E-state index in [1.54, 1.807) is 18.2 Å². The van der Waals surface area contributed by atoms with Gasteiger partial charge in [0.25, 0.3) is 5.91 Å². The zero-order valence-electron chi connectivity index (χ0n) is 13.1. The first-order valence-electron chi connectivity index (χ1n) is 7.60. The molecule has 1 amide bonds. The van der Waals surface area contributed by atoms with Crippen LogP contribution in [-0.4, -0.2) is 16.1 Å². The van der Waals surface area contributed by atoms with E-state index in [2.05, 4.69) is 15.5 Å². The highest BCUT2D eigenvalue weighted by Gasteiger charge is 2.15. The molecule has 0 saturated carbocycles. The Morgan fingerprint density at radius 3 is 2.71 bits per heavy atom. The molecule has 3 aromatic rings. The molecule has 1 heterocycles. The maximum atomic E-state index is 12.6. The van der Waals surface area contributed by atoms with Crippen LogP contribution in [0.15, 0.2) is 59.3 Å². The van der Waals surface area contributed by atoms with Crippen LogP contribution in [0.25, 0.3) is 11.5 Å². The fraction of sp³-hybridized carbons (Fsp3) is 0.167. The molecule has 6 heteroatoms. The number of nitrogens with one attached hydrogen (secondary N) is 1. The maximum absolute atomic E-state index is 12.6. The summed E-state index contributed by atoms with van der Waals surface area (Å²) in [6, 6.07) is 14.5. The lowest BCUT2D eigenvalue weighted by Crippen LogP contribution is -2.28. The van der Waals surface area contributed by atoms with E-state index in [-0.39, 0.29) is 11.9 Å². The van der Waals surface area contributed by atoms with Gasteiger partial charge in [0.05, 0.1) is 6.04 Å². The molecule has 0 fully saturated rings. The molecule has 0 radical (unpaired) electrons. The second kappa shape index (κ2) is 7.27. The van der Waals surface area contributed by atoms with E-state index in [0.29, 0.717) is 22.0 Å². The number of amides is 1. The van der Waals surface area contributed by atoms with Gasteiger partial charge in [-0.25, -0.2) is 0 Å². The maximum Gasteiger partial charge on any atom is 0.251 e. The van der Waals surface area contributed by atoms with Crippen LogP contribution >= 0.6 is 11.6 Å². The zero-order chi connectivity index (χ0) is 16.9. The third-order valence-electron chi connectivity index (χ3n) is 3.72. The first-order chi connectivity index (χ1) is 11.7.